The summed E-state index contributed by atoms with van der Waals surface area (Å²) >= 11 is 0. The molecule has 0 fully saturated rings. The molecule has 12 heteroatoms. The Kier molecular flexibility index (Phi) is 15.2. The van der Waals surface area contributed by atoms with E-state index in [-0.39, 0.29) is 16.8 Å². The molecule has 0 saturated heterocycles. The van der Waals surface area contributed by atoms with Gasteiger partial charge in [-0.1, -0.05) is 53.2 Å². The number of aliphatic hydroxyl groups is 1. The van der Waals surface area contributed by atoms with Crippen molar-refractivity contribution < 1.29 is 42.5 Å². The average Bonchev–Trinajstić information content (AvgIpc) is 3.17. The largest absolute Gasteiger partial charge is 0.493 e. The first-order chi connectivity index (χ1) is 20.1. The van der Waals surface area contributed by atoms with Crippen molar-refractivity contribution in [1.29, 1.82) is 0 Å². The van der Waals surface area contributed by atoms with E-state index in [0.29, 0.717) is 36.2 Å². The number of anilines is 1. The lowest BCUT2D eigenvalue weighted by Crippen LogP contribution is -2.37. The number of nitrogens with zero attached hydrogens (tertiary/aromatic N) is 1. The molecule has 1 heterocycles. The van der Waals surface area contributed by atoms with Gasteiger partial charge in [0, 0.05) is 12.9 Å². The summed E-state index contributed by atoms with van der Waals surface area (Å²) in [5, 5.41) is 19.4. The zero-order valence-corrected chi connectivity index (χ0v) is 27.2. The summed E-state index contributed by atoms with van der Waals surface area (Å²) in [6, 6.07) is 7.65. The van der Waals surface area contributed by atoms with Crippen molar-refractivity contribution in [2.24, 2.45) is 11.8 Å². The molecule has 2 aromatic rings. The third-order valence-corrected chi connectivity index (χ3v) is 7.28. The summed E-state index contributed by atoms with van der Waals surface area (Å²) in [4.78, 5) is 38.4. The van der Waals surface area contributed by atoms with E-state index in [1.165, 1.54) is 37.8 Å². The van der Waals surface area contributed by atoms with Crippen molar-refractivity contribution in [2.75, 3.05) is 37.6 Å². The number of hydrogen-bond donors (Lipinski definition) is 3. The SMILES string of the molecule is CC(C)CCO.CCC(C)C.CCOc1cc(C(CS(C)(=O)=O)N2C(=O)c3cccc(NC(=O)O)c3C2=O)ccc1OC. The number of aliphatic hydroxyl groups excluding tert-OH is 1. The van der Waals surface area contributed by atoms with Gasteiger partial charge in [-0.15, -0.1) is 0 Å². The van der Waals surface area contributed by atoms with Crippen LogP contribution in [0.15, 0.2) is 36.4 Å². The highest BCUT2D eigenvalue weighted by Gasteiger charge is 2.43. The fraction of sp³-hybridized carbons (Fsp3) is 0.516. The number of ether oxygens (including phenoxy) is 2. The van der Waals surface area contributed by atoms with E-state index >= 15 is 0 Å². The lowest BCUT2D eigenvalue weighted by molar-refractivity contribution is 0.0597. The van der Waals surface area contributed by atoms with Gasteiger partial charge in [-0.3, -0.25) is 19.8 Å². The molecule has 3 rings (SSSR count). The Morgan fingerprint density at radius 2 is 1.63 bits per heavy atom. The molecule has 1 aliphatic rings. The number of methoxy groups -OCH3 is 1. The van der Waals surface area contributed by atoms with Gasteiger partial charge in [0.25, 0.3) is 11.8 Å². The molecule has 1 unspecified atom stereocenters. The number of hydrogen-bond acceptors (Lipinski definition) is 8. The predicted octanol–water partition coefficient (Wildman–Crippen LogP) is 5.64. The Morgan fingerprint density at radius 3 is 2.07 bits per heavy atom. The summed E-state index contributed by atoms with van der Waals surface area (Å²) < 4.78 is 35.2. The van der Waals surface area contributed by atoms with E-state index < -0.39 is 39.5 Å². The van der Waals surface area contributed by atoms with Crippen molar-refractivity contribution in [3.63, 3.8) is 0 Å². The number of nitrogens with one attached hydrogen (secondary N) is 1. The Balaban J connectivity index is 0.000000716. The normalized spacial score (nSPS) is 13.0. The van der Waals surface area contributed by atoms with Gasteiger partial charge in [0.05, 0.1) is 42.3 Å². The summed E-state index contributed by atoms with van der Waals surface area (Å²) in [6.45, 7) is 13.2. The summed E-state index contributed by atoms with van der Waals surface area (Å²) in [6.07, 6.45) is 1.84. The monoisotopic (exact) mass is 622 g/mol. The number of rotatable bonds is 11. The topological polar surface area (TPSA) is 160 Å². The predicted molar refractivity (Wildman–Crippen MR) is 167 cm³/mol. The van der Waals surface area contributed by atoms with Crippen molar-refractivity contribution in [2.45, 2.75) is 60.4 Å². The smallest absolute Gasteiger partial charge is 0.409 e. The molecule has 43 heavy (non-hydrogen) atoms. The molecule has 0 saturated carbocycles. The molecule has 0 aliphatic carbocycles. The second kappa shape index (κ2) is 17.5. The fourth-order valence-electron chi connectivity index (χ4n) is 3.84. The lowest BCUT2D eigenvalue weighted by atomic mass is 10.1. The van der Waals surface area contributed by atoms with E-state index in [1.807, 2.05) is 0 Å². The zero-order valence-electron chi connectivity index (χ0n) is 26.3. The van der Waals surface area contributed by atoms with Crippen molar-refractivity contribution in [3.05, 3.63) is 53.1 Å². The van der Waals surface area contributed by atoms with Gasteiger partial charge in [-0.2, -0.15) is 0 Å². The molecular weight excluding hydrogens is 576 g/mol. The Morgan fingerprint density at radius 1 is 1.00 bits per heavy atom. The van der Waals surface area contributed by atoms with Crippen LogP contribution < -0.4 is 14.8 Å². The Labute approximate surface area is 255 Å². The molecule has 3 amide bonds. The molecule has 3 N–H and O–H groups in total. The fourth-order valence-corrected chi connectivity index (χ4v) is 4.75. The van der Waals surface area contributed by atoms with E-state index in [1.54, 1.807) is 19.1 Å². The second-order valence-corrected chi connectivity index (χ2v) is 13.0. The van der Waals surface area contributed by atoms with Crippen LogP contribution in [0.25, 0.3) is 0 Å². The van der Waals surface area contributed by atoms with E-state index in [2.05, 4.69) is 39.9 Å². The molecule has 0 spiro atoms. The van der Waals surface area contributed by atoms with Crippen LogP contribution in [-0.2, 0) is 9.84 Å². The standard InChI is InChI=1S/C21H22N2O8S.C5H12O.C5H12/c1-4-31-17-10-12(8-9-16(17)30-2)15(11-32(3,28)29)23-19(24)13-6-5-7-14(22-21(26)27)18(13)20(23)25;1-5(2)3-4-6;1-4-5(2)3/h5-10,15,22H,4,11H2,1-3H3,(H,26,27);5-6H,3-4H2,1-2H3;5H,4H2,1-3H3. The highest BCUT2D eigenvalue weighted by Crippen LogP contribution is 2.38. The maximum Gasteiger partial charge on any atom is 0.409 e. The average molecular weight is 623 g/mol. The molecule has 1 aliphatic heterocycles. The van der Waals surface area contributed by atoms with Gasteiger partial charge < -0.3 is 19.7 Å². The van der Waals surface area contributed by atoms with E-state index in [0.717, 1.165) is 23.5 Å². The van der Waals surface area contributed by atoms with Gasteiger partial charge in [0.1, 0.15) is 9.84 Å². The minimum Gasteiger partial charge on any atom is -0.493 e. The molecule has 1 atom stereocenters. The summed E-state index contributed by atoms with van der Waals surface area (Å²) in [5.41, 5.74) is 0.149. The van der Waals surface area contributed by atoms with E-state index in [4.69, 9.17) is 19.7 Å². The van der Waals surface area contributed by atoms with Crippen LogP contribution in [0.4, 0.5) is 10.5 Å². The van der Waals surface area contributed by atoms with Crippen LogP contribution in [0.3, 0.4) is 0 Å². The minimum absolute atomic E-state index is 0.0155. The van der Waals surface area contributed by atoms with Gasteiger partial charge >= 0.3 is 6.09 Å². The number of amides is 3. The molecule has 2 aromatic carbocycles. The number of fused-ring (bicyclic) bond motifs is 1. The van der Waals surface area contributed by atoms with Crippen molar-refractivity contribution in [3.8, 4) is 11.5 Å². The first-order valence-corrected chi connectivity index (χ1v) is 16.3. The van der Waals surface area contributed by atoms with Crippen molar-refractivity contribution >= 4 is 33.4 Å². The minimum atomic E-state index is -3.64. The number of imide groups is 1. The van der Waals surface area contributed by atoms with Crippen LogP contribution in [0.5, 0.6) is 11.5 Å². The first-order valence-electron chi connectivity index (χ1n) is 14.2. The number of carboxylic acid groups (broad SMARTS) is 1. The van der Waals surface area contributed by atoms with Crippen LogP contribution in [0.2, 0.25) is 0 Å². The summed E-state index contributed by atoms with van der Waals surface area (Å²) in [7, 11) is -2.19. The molecular formula is C31H46N2O9S. The Bertz CT molecular complexity index is 1340. The maximum absolute atomic E-state index is 13.3. The third-order valence-electron chi connectivity index (χ3n) is 6.36. The van der Waals surface area contributed by atoms with Crippen LogP contribution in [-0.4, -0.2) is 73.8 Å². The van der Waals surface area contributed by atoms with Gasteiger partial charge in [-0.05, 0) is 55.0 Å². The van der Waals surface area contributed by atoms with Gasteiger partial charge in [-0.25, -0.2) is 13.2 Å². The Hall–Kier alpha value is -3.64. The van der Waals surface area contributed by atoms with Crippen molar-refractivity contribution in [1.82, 2.24) is 4.90 Å². The highest BCUT2D eigenvalue weighted by atomic mass is 32.2. The summed E-state index contributed by atoms with van der Waals surface area (Å²) in [5.74, 6) is 0.223. The first kappa shape index (κ1) is 37.4. The van der Waals surface area contributed by atoms with Gasteiger partial charge in [0.15, 0.2) is 11.5 Å². The molecule has 0 aromatic heterocycles. The third kappa shape index (κ3) is 11.5. The van der Waals surface area contributed by atoms with E-state index in [9.17, 15) is 22.8 Å². The number of benzene rings is 2. The van der Waals surface area contributed by atoms with Gasteiger partial charge in [0.2, 0.25) is 0 Å². The van der Waals surface area contributed by atoms with Crippen LogP contribution in [0.1, 0.15) is 86.7 Å². The number of carbonyl (C=O) groups excluding carboxylic acids is 2. The number of sulfone groups is 1. The molecule has 240 valence electrons. The second-order valence-electron chi connectivity index (χ2n) is 10.8. The lowest BCUT2D eigenvalue weighted by Gasteiger charge is -2.27. The van der Waals surface area contributed by atoms with Crippen LogP contribution in [0, 0.1) is 11.8 Å². The highest BCUT2D eigenvalue weighted by molar-refractivity contribution is 7.90. The quantitative estimate of drug-likeness (QED) is 0.269. The van der Waals surface area contributed by atoms with Crippen LogP contribution >= 0.6 is 0 Å². The number of carbonyl (C=O) groups is 3. The maximum atomic E-state index is 13.3. The molecule has 11 nitrogen and oxygen atoms in total. The molecule has 0 radical (unpaired) electrons. The molecule has 0 bridgehead atoms. The zero-order chi connectivity index (χ0) is 32.9.